The third-order valence-electron chi connectivity index (χ3n) is 4.89. The molecule has 0 saturated carbocycles. The molecule has 9 heteroatoms. The number of nitrogens with two attached hydrogens (primary N) is 1. The summed E-state index contributed by atoms with van der Waals surface area (Å²) in [6, 6.07) is 4.58. The van der Waals surface area contributed by atoms with Crippen molar-refractivity contribution in [1.29, 1.82) is 0 Å². The number of fused-ring (bicyclic) bond motifs is 1. The first-order valence-electron chi connectivity index (χ1n) is 8.94. The van der Waals surface area contributed by atoms with Crippen LogP contribution in [0.2, 0.25) is 0 Å². The normalized spacial score (nSPS) is 18.1. The molecule has 0 radical (unpaired) electrons. The van der Waals surface area contributed by atoms with Crippen LogP contribution in [-0.2, 0) is 18.5 Å². The van der Waals surface area contributed by atoms with Crippen LogP contribution in [0.25, 0.3) is 0 Å². The Kier molecular flexibility index (Phi) is 4.57. The van der Waals surface area contributed by atoms with E-state index in [4.69, 9.17) is 10.5 Å². The van der Waals surface area contributed by atoms with E-state index in [9.17, 15) is 9.18 Å². The number of carbonyl (C=O) groups excluding carboxylic acids is 1. The van der Waals surface area contributed by atoms with Crippen LogP contribution >= 0.6 is 0 Å². The van der Waals surface area contributed by atoms with Gasteiger partial charge in [0, 0.05) is 24.4 Å². The van der Waals surface area contributed by atoms with Crippen LogP contribution in [0.15, 0.2) is 48.0 Å². The third-order valence-corrected chi connectivity index (χ3v) is 4.89. The van der Waals surface area contributed by atoms with E-state index in [1.165, 1.54) is 25.6 Å². The molecule has 3 heterocycles. The summed E-state index contributed by atoms with van der Waals surface area (Å²) in [6.45, 7) is 2.20. The van der Waals surface area contributed by atoms with Gasteiger partial charge in [0.15, 0.2) is 17.4 Å². The number of rotatable bonds is 5. The number of carbonyl (C=O) groups is 1. The van der Waals surface area contributed by atoms with Gasteiger partial charge in [0.2, 0.25) is 5.88 Å². The number of methoxy groups -OCH3 is 1. The molecule has 1 aromatic carbocycles. The fraction of sp³-hybridized carbons (Fsp3) is 0.250. The van der Waals surface area contributed by atoms with Crippen molar-refractivity contribution in [2.45, 2.75) is 25.4 Å². The molecule has 1 unspecified atom stereocenters. The van der Waals surface area contributed by atoms with Crippen LogP contribution in [0.1, 0.15) is 34.4 Å². The molecule has 0 spiro atoms. The van der Waals surface area contributed by atoms with E-state index in [2.05, 4.69) is 19.9 Å². The van der Waals surface area contributed by atoms with Crippen molar-refractivity contribution >= 4 is 11.6 Å². The lowest BCUT2D eigenvalue weighted by Gasteiger charge is -2.31. The number of nitrogens with zero attached hydrogens (tertiary/aromatic N) is 5. The Labute approximate surface area is 166 Å². The number of hydrogen-bond acceptors (Lipinski definition) is 7. The highest BCUT2D eigenvalue weighted by Gasteiger charge is 2.35. The predicted octanol–water partition coefficient (Wildman–Crippen LogP) is 1.88. The molecule has 148 valence electrons. The topological polar surface area (TPSA) is 108 Å². The van der Waals surface area contributed by atoms with Crippen LogP contribution in [0.4, 0.5) is 4.39 Å². The van der Waals surface area contributed by atoms with E-state index in [0.29, 0.717) is 29.4 Å². The number of ether oxygens (including phenoxy) is 1. The van der Waals surface area contributed by atoms with E-state index in [-0.39, 0.29) is 23.7 Å². The summed E-state index contributed by atoms with van der Waals surface area (Å²) in [5.41, 5.74) is 6.35. The summed E-state index contributed by atoms with van der Waals surface area (Å²) >= 11 is 0. The molecular weight excluding hydrogens is 375 g/mol. The Morgan fingerprint density at radius 3 is 2.86 bits per heavy atom. The lowest BCUT2D eigenvalue weighted by atomic mass is 9.88. The van der Waals surface area contributed by atoms with Gasteiger partial charge in [-0.15, -0.1) is 0 Å². The maximum atomic E-state index is 14.7. The van der Waals surface area contributed by atoms with Crippen molar-refractivity contribution in [1.82, 2.24) is 19.5 Å². The molecule has 3 aromatic rings. The van der Waals surface area contributed by atoms with Crippen molar-refractivity contribution in [3.05, 3.63) is 71.4 Å². The molecule has 1 atom stereocenters. The van der Waals surface area contributed by atoms with E-state index < -0.39 is 11.4 Å². The van der Waals surface area contributed by atoms with Gasteiger partial charge in [-0.2, -0.15) is 0 Å². The molecule has 1 aliphatic rings. The number of aliphatic imine (C=N–C) groups is 1. The summed E-state index contributed by atoms with van der Waals surface area (Å²) in [7, 11) is 1.47. The lowest BCUT2D eigenvalue weighted by Crippen LogP contribution is -2.37. The van der Waals surface area contributed by atoms with Gasteiger partial charge in [-0.05, 0) is 24.6 Å². The summed E-state index contributed by atoms with van der Waals surface area (Å²) in [6.07, 6.45) is 6.21. The van der Waals surface area contributed by atoms with E-state index >= 15 is 0 Å². The SMILES string of the molecule is COc1cnc(C(=O)Cc2ccc(F)c(C3(C)Cn4ccnc4C(N)=N3)c2)cn1. The lowest BCUT2D eigenvalue weighted by molar-refractivity contribution is 0.0987. The third kappa shape index (κ3) is 3.46. The zero-order chi connectivity index (χ0) is 20.6. The molecule has 29 heavy (non-hydrogen) atoms. The number of imidazole rings is 1. The van der Waals surface area contributed by atoms with Gasteiger partial charge < -0.3 is 15.0 Å². The molecule has 2 N–H and O–H groups in total. The average Bonchev–Trinajstić information content (AvgIpc) is 3.18. The van der Waals surface area contributed by atoms with Crippen molar-refractivity contribution in [2.75, 3.05) is 7.11 Å². The highest BCUT2D eigenvalue weighted by molar-refractivity contribution is 5.96. The van der Waals surface area contributed by atoms with E-state index in [0.717, 1.165) is 0 Å². The Morgan fingerprint density at radius 2 is 2.14 bits per heavy atom. The largest absolute Gasteiger partial charge is 0.480 e. The molecule has 1 aliphatic heterocycles. The van der Waals surface area contributed by atoms with E-state index in [1.807, 2.05) is 11.5 Å². The van der Waals surface area contributed by atoms with Gasteiger partial charge in [-0.1, -0.05) is 6.07 Å². The monoisotopic (exact) mass is 394 g/mol. The molecule has 0 fully saturated rings. The molecular formula is C20H19FN6O2. The predicted molar refractivity (Wildman–Crippen MR) is 103 cm³/mol. The summed E-state index contributed by atoms with van der Waals surface area (Å²) in [5.74, 6) is 0.495. The fourth-order valence-corrected chi connectivity index (χ4v) is 3.43. The first-order valence-corrected chi connectivity index (χ1v) is 8.94. The molecule has 0 aliphatic carbocycles. The smallest absolute Gasteiger partial charge is 0.232 e. The molecule has 0 bridgehead atoms. The van der Waals surface area contributed by atoms with Gasteiger partial charge in [-0.3, -0.25) is 9.79 Å². The van der Waals surface area contributed by atoms with Gasteiger partial charge in [0.1, 0.15) is 17.1 Å². The highest BCUT2D eigenvalue weighted by atomic mass is 19.1. The van der Waals surface area contributed by atoms with Crippen molar-refractivity contribution < 1.29 is 13.9 Å². The molecule has 8 nitrogen and oxygen atoms in total. The Morgan fingerprint density at radius 1 is 1.31 bits per heavy atom. The Bertz CT molecular complexity index is 1110. The zero-order valence-corrected chi connectivity index (χ0v) is 16.0. The average molecular weight is 394 g/mol. The number of Topliss-reactive ketones (excluding diaryl/α,β-unsaturated/α-hetero) is 1. The Balaban J connectivity index is 1.62. The maximum Gasteiger partial charge on any atom is 0.232 e. The second-order valence-electron chi connectivity index (χ2n) is 7.01. The Hall–Kier alpha value is -3.62. The minimum absolute atomic E-state index is 0.0554. The van der Waals surface area contributed by atoms with Gasteiger partial charge in [0.05, 0.1) is 26.0 Å². The maximum absolute atomic E-state index is 14.7. The first kappa shape index (κ1) is 18.7. The van der Waals surface area contributed by atoms with E-state index in [1.54, 1.807) is 24.5 Å². The summed E-state index contributed by atoms with van der Waals surface area (Å²) in [4.78, 5) is 29.3. The van der Waals surface area contributed by atoms with Crippen LogP contribution in [0.3, 0.4) is 0 Å². The quantitative estimate of drug-likeness (QED) is 0.662. The fourth-order valence-electron chi connectivity index (χ4n) is 3.43. The second-order valence-corrected chi connectivity index (χ2v) is 7.01. The van der Waals surface area contributed by atoms with Crippen LogP contribution in [0, 0.1) is 5.82 Å². The molecule has 0 saturated heterocycles. The number of halogens is 1. The number of amidine groups is 1. The molecule has 0 amide bonds. The van der Waals surface area contributed by atoms with Crippen LogP contribution in [-0.4, -0.2) is 38.2 Å². The second kappa shape index (κ2) is 7.08. The van der Waals surface area contributed by atoms with Crippen molar-refractivity contribution in [3.8, 4) is 5.88 Å². The summed E-state index contributed by atoms with van der Waals surface area (Å²) < 4.78 is 21.5. The molecule has 2 aromatic heterocycles. The standard InChI is InChI=1S/C20H19FN6O2/c1-20(11-27-6-5-23-19(27)18(22)26-20)13-7-12(3-4-14(13)21)8-16(28)15-9-25-17(29-2)10-24-15/h3-7,9-10H,8,11H2,1-2H3,(H2,22,26). The van der Waals surface area contributed by atoms with Crippen molar-refractivity contribution in [2.24, 2.45) is 10.7 Å². The number of benzene rings is 1. The highest BCUT2D eigenvalue weighted by Crippen LogP contribution is 2.33. The van der Waals surface area contributed by atoms with Crippen LogP contribution in [0.5, 0.6) is 5.88 Å². The number of ketones is 1. The minimum Gasteiger partial charge on any atom is -0.480 e. The van der Waals surface area contributed by atoms with Crippen LogP contribution < -0.4 is 10.5 Å². The molecule has 4 rings (SSSR count). The minimum atomic E-state index is -0.916. The number of aromatic nitrogens is 4. The van der Waals surface area contributed by atoms with Gasteiger partial charge in [0.25, 0.3) is 0 Å². The number of hydrogen-bond donors (Lipinski definition) is 1. The van der Waals surface area contributed by atoms with Crippen molar-refractivity contribution in [3.63, 3.8) is 0 Å². The first-order chi connectivity index (χ1) is 13.9. The zero-order valence-electron chi connectivity index (χ0n) is 16.0. The van der Waals surface area contributed by atoms with Gasteiger partial charge >= 0.3 is 0 Å². The summed E-state index contributed by atoms with van der Waals surface area (Å²) in [5, 5.41) is 0. The van der Waals surface area contributed by atoms with Gasteiger partial charge in [-0.25, -0.2) is 19.3 Å².